The highest BCUT2D eigenvalue weighted by atomic mass is 35.5. The second-order valence-electron chi connectivity index (χ2n) is 5.33. The lowest BCUT2D eigenvalue weighted by molar-refractivity contribution is 0.0544. The van der Waals surface area contributed by atoms with E-state index in [4.69, 9.17) is 16.3 Å². The topological polar surface area (TPSA) is 84.6 Å². The van der Waals surface area contributed by atoms with Gasteiger partial charge in [-0.1, -0.05) is 11.6 Å². The summed E-state index contributed by atoms with van der Waals surface area (Å²) in [6.07, 6.45) is 2.01. The van der Waals surface area contributed by atoms with Crippen molar-refractivity contribution in [3.8, 4) is 0 Å². The van der Waals surface area contributed by atoms with Gasteiger partial charge in [-0.2, -0.15) is 0 Å². The van der Waals surface area contributed by atoms with Crippen molar-refractivity contribution >= 4 is 41.3 Å². The molecule has 106 valence electrons. The van der Waals surface area contributed by atoms with Gasteiger partial charge in [0.2, 0.25) is 0 Å². The van der Waals surface area contributed by atoms with E-state index in [9.17, 15) is 14.8 Å². The maximum Gasteiger partial charge on any atom is 0.490 e. The molecule has 0 spiro atoms. The van der Waals surface area contributed by atoms with E-state index in [1.807, 2.05) is 0 Å². The average molecular weight is 297 g/mol. The lowest BCUT2D eigenvalue weighted by atomic mass is 9.80. The number of carbonyl (C=O) groups excluding carboxylic acids is 1. The lowest BCUT2D eigenvalue weighted by Gasteiger charge is -2.19. The Kier molecular flexibility index (Phi) is 3.77. The monoisotopic (exact) mass is 296 g/mol. The summed E-state index contributed by atoms with van der Waals surface area (Å²) in [4.78, 5) is 16.1. The highest BCUT2D eigenvalue weighted by Gasteiger charge is 2.25. The summed E-state index contributed by atoms with van der Waals surface area (Å²) in [5.74, 6) is 0. The number of ether oxygens (including phenoxy) is 1. The molecule has 2 N–H and O–H groups in total. The number of carbonyl (C=O) groups is 1. The van der Waals surface area contributed by atoms with E-state index < -0.39 is 18.8 Å². The van der Waals surface area contributed by atoms with Crippen LogP contribution in [0.15, 0.2) is 18.5 Å². The van der Waals surface area contributed by atoms with Crippen LogP contribution in [0.1, 0.15) is 20.8 Å². The van der Waals surface area contributed by atoms with E-state index in [1.54, 1.807) is 20.8 Å². The number of fused-ring (bicyclic) bond motifs is 1. The molecular weight excluding hydrogens is 282 g/mol. The van der Waals surface area contributed by atoms with Gasteiger partial charge in [0, 0.05) is 23.2 Å². The molecule has 0 amide bonds. The second kappa shape index (κ2) is 5.08. The number of pyridine rings is 1. The smallest absolute Gasteiger partial charge is 0.443 e. The van der Waals surface area contributed by atoms with E-state index in [-0.39, 0.29) is 11.1 Å². The summed E-state index contributed by atoms with van der Waals surface area (Å²) in [6, 6.07) is 1.51. The third-order valence-electron chi connectivity index (χ3n) is 2.51. The van der Waals surface area contributed by atoms with Crippen LogP contribution in [0.5, 0.6) is 0 Å². The van der Waals surface area contributed by atoms with Crippen LogP contribution in [-0.2, 0) is 4.74 Å². The number of aromatic nitrogens is 2. The zero-order valence-corrected chi connectivity index (χ0v) is 12.0. The Balaban J connectivity index is 2.57. The van der Waals surface area contributed by atoms with Crippen LogP contribution < -0.4 is 5.46 Å². The minimum Gasteiger partial charge on any atom is -0.443 e. The fraction of sp³-hybridized carbons (Fsp3) is 0.333. The van der Waals surface area contributed by atoms with Gasteiger partial charge >= 0.3 is 13.2 Å². The van der Waals surface area contributed by atoms with Crippen molar-refractivity contribution in [1.82, 2.24) is 9.55 Å². The summed E-state index contributed by atoms with van der Waals surface area (Å²) in [5, 5.41) is 19.4. The molecule has 0 aliphatic heterocycles. The fourth-order valence-corrected chi connectivity index (χ4v) is 1.92. The van der Waals surface area contributed by atoms with E-state index in [1.165, 1.54) is 18.5 Å². The Morgan fingerprint density at radius 3 is 2.65 bits per heavy atom. The molecule has 0 unspecified atom stereocenters. The van der Waals surface area contributed by atoms with Crippen molar-refractivity contribution < 1.29 is 19.6 Å². The summed E-state index contributed by atoms with van der Waals surface area (Å²) >= 11 is 5.84. The number of hydrogen-bond acceptors (Lipinski definition) is 5. The lowest BCUT2D eigenvalue weighted by Crippen LogP contribution is -2.30. The van der Waals surface area contributed by atoms with Crippen LogP contribution in [0.4, 0.5) is 4.79 Å². The molecule has 0 radical (unpaired) electrons. The number of hydrogen-bond donors (Lipinski definition) is 2. The molecule has 0 fully saturated rings. The molecule has 0 aromatic carbocycles. The van der Waals surface area contributed by atoms with Crippen LogP contribution in [0.2, 0.25) is 5.02 Å². The summed E-state index contributed by atoms with van der Waals surface area (Å²) < 4.78 is 6.37. The highest BCUT2D eigenvalue weighted by molar-refractivity contribution is 6.62. The first-order valence-electron chi connectivity index (χ1n) is 5.95. The molecule has 0 bridgehead atoms. The maximum atomic E-state index is 12.1. The van der Waals surface area contributed by atoms with Crippen LogP contribution in [0.3, 0.4) is 0 Å². The van der Waals surface area contributed by atoms with E-state index in [2.05, 4.69) is 4.98 Å². The first-order valence-corrected chi connectivity index (χ1v) is 6.33. The first-order chi connectivity index (χ1) is 9.19. The molecule has 2 aromatic rings. The van der Waals surface area contributed by atoms with Crippen LogP contribution in [0.25, 0.3) is 11.0 Å². The summed E-state index contributed by atoms with van der Waals surface area (Å²) in [6.45, 7) is 5.22. The van der Waals surface area contributed by atoms with Crippen molar-refractivity contribution in [2.75, 3.05) is 0 Å². The minimum atomic E-state index is -1.73. The van der Waals surface area contributed by atoms with E-state index in [0.29, 0.717) is 10.4 Å². The van der Waals surface area contributed by atoms with Crippen molar-refractivity contribution in [2.45, 2.75) is 26.4 Å². The summed E-state index contributed by atoms with van der Waals surface area (Å²) in [7, 11) is -1.73. The quantitative estimate of drug-likeness (QED) is 0.771. The Morgan fingerprint density at radius 2 is 2.10 bits per heavy atom. The van der Waals surface area contributed by atoms with Crippen molar-refractivity contribution in [1.29, 1.82) is 0 Å². The predicted molar refractivity (Wildman–Crippen MR) is 76.2 cm³/mol. The first kappa shape index (κ1) is 14.8. The normalized spacial score (nSPS) is 11.7. The Morgan fingerprint density at radius 1 is 1.45 bits per heavy atom. The molecule has 0 atom stereocenters. The third-order valence-corrected chi connectivity index (χ3v) is 2.72. The van der Waals surface area contributed by atoms with E-state index in [0.717, 1.165) is 4.57 Å². The van der Waals surface area contributed by atoms with Gasteiger partial charge in [0.05, 0.1) is 5.02 Å². The zero-order chi connectivity index (χ0) is 15.1. The Bertz CT molecular complexity index is 663. The molecule has 2 rings (SSSR count). The van der Waals surface area contributed by atoms with Crippen molar-refractivity contribution in [2.24, 2.45) is 0 Å². The largest absolute Gasteiger partial charge is 0.490 e. The minimum absolute atomic E-state index is 0.140. The maximum absolute atomic E-state index is 12.1. The van der Waals surface area contributed by atoms with Gasteiger partial charge in [0.1, 0.15) is 11.2 Å². The molecular formula is C12H14BClN2O4. The number of halogens is 1. The van der Waals surface area contributed by atoms with Crippen molar-refractivity contribution in [3.05, 3.63) is 23.5 Å². The van der Waals surface area contributed by atoms with Crippen LogP contribution >= 0.6 is 11.6 Å². The van der Waals surface area contributed by atoms with Gasteiger partial charge in [0.15, 0.2) is 0 Å². The predicted octanol–water partition coefficient (Wildman–Crippen LogP) is 1.15. The molecule has 0 aliphatic rings. The second-order valence-corrected chi connectivity index (χ2v) is 5.77. The van der Waals surface area contributed by atoms with Gasteiger partial charge in [0.25, 0.3) is 0 Å². The van der Waals surface area contributed by atoms with Gasteiger partial charge in [-0.3, -0.25) is 0 Å². The molecule has 20 heavy (non-hydrogen) atoms. The molecule has 8 heteroatoms. The molecule has 0 aliphatic carbocycles. The van der Waals surface area contributed by atoms with Gasteiger partial charge < -0.3 is 14.8 Å². The molecule has 0 saturated carbocycles. The standard InChI is InChI=1S/C12H14BClN2O4/c1-12(2,3)20-11(17)16-6-9(13(18)19)8-4-7(14)5-15-10(8)16/h4-6,18-19H,1-3H3. The SMILES string of the molecule is CC(C)(C)OC(=O)n1cc(B(O)O)c2cc(Cl)cnc21. The molecule has 6 nitrogen and oxygen atoms in total. The Hall–Kier alpha value is -1.57. The highest BCUT2D eigenvalue weighted by Crippen LogP contribution is 2.18. The van der Waals surface area contributed by atoms with Gasteiger partial charge in [-0.05, 0) is 26.8 Å². The van der Waals surface area contributed by atoms with Crippen LogP contribution in [-0.4, -0.2) is 38.4 Å². The average Bonchev–Trinajstić information content (AvgIpc) is 2.65. The van der Waals surface area contributed by atoms with E-state index >= 15 is 0 Å². The number of nitrogens with zero attached hydrogens (tertiary/aromatic N) is 2. The zero-order valence-electron chi connectivity index (χ0n) is 11.3. The number of rotatable bonds is 1. The molecule has 2 heterocycles. The van der Waals surface area contributed by atoms with Crippen molar-refractivity contribution in [3.63, 3.8) is 0 Å². The van der Waals surface area contributed by atoms with Gasteiger partial charge in [-0.15, -0.1) is 0 Å². The molecule has 2 aromatic heterocycles. The summed E-state index contributed by atoms with van der Waals surface area (Å²) in [5.41, 5.74) is -0.273. The van der Waals surface area contributed by atoms with Crippen LogP contribution in [0, 0.1) is 0 Å². The Labute approximate surface area is 121 Å². The fourth-order valence-electron chi connectivity index (χ4n) is 1.76. The van der Waals surface area contributed by atoms with Gasteiger partial charge in [-0.25, -0.2) is 14.3 Å². The molecule has 0 saturated heterocycles. The third kappa shape index (κ3) is 2.95.